The van der Waals surface area contributed by atoms with Crippen LogP contribution in [-0.2, 0) is 0 Å². The summed E-state index contributed by atoms with van der Waals surface area (Å²) in [5.41, 5.74) is 0.176. The molecule has 1 rings (SSSR count). The van der Waals surface area contributed by atoms with Crippen molar-refractivity contribution in [3.05, 3.63) is 33.9 Å². The SMILES string of the molecule is COc1cc(C(=O)NC(C)C)ccc1[N+](=O)[O-]. The van der Waals surface area contributed by atoms with Crippen molar-refractivity contribution < 1.29 is 14.5 Å². The van der Waals surface area contributed by atoms with E-state index in [0.29, 0.717) is 5.56 Å². The van der Waals surface area contributed by atoms with Crippen LogP contribution >= 0.6 is 0 Å². The minimum Gasteiger partial charge on any atom is -0.490 e. The lowest BCUT2D eigenvalue weighted by atomic mass is 10.1. The van der Waals surface area contributed by atoms with Crippen molar-refractivity contribution in [1.29, 1.82) is 0 Å². The van der Waals surface area contributed by atoms with Crippen LogP contribution in [0.2, 0.25) is 0 Å². The first kappa shape index (κ1) is 13.0. The van der Waals surface area contributed by atoms with Gasteiger partial charge in [-0.15, -0.1) is 0 Å². The number of amides is 1. The van der Waals surface area contributed by atoms with Gasteiger partial charge in [0.1, 0.15) is 0 Å². The van der Waals surface area contributed by atoms with Gasteiger partial charge in [0.25, 0.3) is 5.91 Å². The van der Waals surface area contributed by atoms with Crippen molar-refractivity contribution in [2.45, 2.75) is 19.9 Å². The molecule has 92 valence electrons. The first-order chi connectivity index (χ1) is 7.95. The Balaban J connectivity index is 3.05. The second kappa shape index (κ2) is 5.29. The summed E-state index contributed by atoms with van der Waals surface area (Å²) in [6, 6.07) is 4.02. The maximum Gasteiger partial charge on any atom is 0.310 e. The Bertz CT molecular complexity index is 443. The molecule has 1 aromatic rings. The van der Waals surface area contributed by atoms with Crippen molar-refractivity contribution in [2.24, 2.45) is 0 Å². The molecule has 0 unspecified atom stereocenters. The summed E-state index contributed by atoms with van der Waals surface area (Å²) < 4.78 is 4.88. The smallest absolute Gasteiger partial charge is 0.310 e. The molecule has 0 radical (unpaired) electrons. The average Bonchev–Trinajstić information content (AvgIpc) is 2.27. The highest BCUT2D eigenvalue weighted by atomic mass is 16.6. The molecule has 1 aromatic carbocycles. The van der Waals surface area contributed by atoms with Crippen LogP contribution in [0.5, 0.6) is 5.75 Å². The summed E-state index contributed by atoms with van der Waals surface area (Å²) in [7, 11) is 1.33. The van der Waals surface area contributed by atoms with Crippen LogP contribution in [0.3, 0.4) is 0 Å². The third-order valence-electron chi connectivity index (χ3n) is 2.06. The number of benzene rings is 1. The number of ether oxygens (including phenoxy) is 1. The summed E-state index contributed by atoms with van der Waals surface area (Å²) in [5, 5.41) is 13.4. The van der Waals surface area contributed by atoms with Crippen LogP contribution in [0.25, 0.3) is 0 Å². The Hall–Kier alpha value is -2.11. The molecule has 0 saturated carbocycles. The third-order valence-corrected chi connectivity index (χ3v) is 2.06. The second-order valence-corrected chi connectivity index (χ2v) is 3.77. The lowest BCUT2D eigenvalue weighted by molar-refractivity contribution is -0.385. The number of carbonyl (C=O) groups is 1. The van der Waals surface area contributed by atoms with Crippen LogP contribution in [-0.4, -0.2) is 24.0 Å². The molecule has 0 bridgehead atoms. The van der Waals surface area contributed by atoms with E-state index in [9.17, 15) is 14.9 Å². The van der Waals surface area contributed by atoms with Crippen LogP contribution in [0.4, 0.5) is 5.69 Å². The van der Waals surface area contributed by atoms with E-state index < -0.39 is 4.92 Å². The van der Waals surface area contributed by atoms with Crippen molar-refractivity contribution in [3.8, 4) is 5.75 Å². The fourth-order valence-corrected chi connectivity index (χ4v) is 1.32. The number of nitro groups is 1. The van der Waals surface area contributed by atoms with E-state index in [2.05, 4.69) is 5.32 Å². The van der Waals surface area contributed by atoms with Gasteiger partial charge in [-0.3, -0.25) is 14.9 Å². The number of hydrogen-bond donors (Lipinski definition) is 1. The number of rotatable bonds is 4. The number of hydrogen-bond acceptors (Lipinski definition) is 4. The summed E-state index contributed by atoms with van der Waals surface area (Å²) in [6.07, 6.45) is 0. The first-order valence-corrected chi connectivity index (χ1v) is 5.09. The zero-order valence-corrected chi connectivity index (χ0v) is 9.89. The fraction of sp³-hybridized carbons (Fsp3) is 0.364. The number of nitrogens with one attached hydrogen (secondary N) is 1. The highest BCUT2D eigenvalue weighted by Gasteiger charge is 2.17. The highest BCUT2D eigenvalue weighted by molar-refractivity contribution is 5.95. The minimum absolute atomic E-state index is 0.00341. The molecule has 0 aromatic heterocycles. The molecule has 0 fully saturated rings. The molecule has 0 atom stereocenters. The molecule has 0 spiro atoms. The molecule has 0 aliphatic carbocycles. The molecule has 1 amide bonds. The molecular formula is C11H14N2O4. The van der Waals surface area contributed by atoms with Crippen LogP contribution < -0.4 is 10.1 Å². The maximum atomic E-state index is 11.7. The molecular weight excluding hydrogens is 224 g/mol. The van der Waals surface area contributed by atoms with Crippen LogP contribution in [0.15, 0.2) is 18.2 Å². The summed E-state index contributed by atoms with van der Waals surface area (Å²) >= 11 is 0. The van der Waals surface area contributed by atoms with Gasteiger partial charge in [0, 0.05) is 23.7 Å². The van der Waals surface area contributed by atoms with E-state index in [1.807, 2.05) is 13.8 Å². The van der Waals surface area contributed by atoms with Gasteiger partial charge in [0.15, 0.2) is 5.75 Å². The Morgan fingerprint density at radius 2 is 2.12 bits per heavy atom. The number of carbonyl (C=O) groups excluding carboxylic acids is 1. The van der Waals surface area contributed by atoms with E-state index >= 15 is 0 Å². The monoisotopic (exact) mass is 238 g/mol. The standard InChI is InChI=1S/C11H14N2O4/c1-7(2)12-11(14)8-4-5-9(13(15)16)10(6-8)17-3/h4-7H,1-3H3,(H,12,14). The molecule has 0 aliphatic rings. The Labute approximate surface area is 98.7 Å². The van der Waals surface area contributed by atoms with Gasteiger partial charge in [0.05, 0.1) is 12.0 Å². The quantitative estimate of drug-likeness (QED) is 0.639. The third kappa shape index (κ3) is 3.17. The van der Waals surface area contributed by atoms with E-state index in [-0.39, 0.29) is 23.4 Å². The molecule has 17 heavy (non-hydrogen) atoms. The van der Waals surface area contributed by atoms with Gasteiger partial charge >= 0.3 is 5.69 Å². The molecule has 0 aliphatic heterocycles. The topological polar surface area (TPSA) is 81.5 Å². The number of methoxy groups -OCH3 is 1. The van der Waals surface area contributed by atoms with Gasteiger partial charge in [-0.25, -0.2) is 0 Å². The van der Waals surface area contributed by atoms with E-state index in [1.165, 1.54) is 25.3 Å². The summed E-state index contributed by atoms with van der Waals surface area (Å²) in [4.78, 5) is 21.8. The van der Waals surface area contributed by atoms with Gasteiger partial charge in [-0.1, -0.05) is 0 Å². The Morgan fingerprint density at radius 3 is 2.59 bits per heavy atom. The number of nitrogens with zero attached hydrogens (tertiary/aromatic N) is 1. The fourth-order valence-electron chi connectivity index (χ4n) is 1.32. The lowest BCUT2D eigenvalue weighted by Gasteiger charge is -2.09. The van der Waals surface area contributed by atoms with Gasteiger partial charge < -0.3 is 10.1 Å². The Morgan fingerprint density at radius 1 is 1.47 bits per heavy atom. The lowest BCUT2D eigenvalue weighted by Crippen LogP contribution is -2.30. The van der Waals surface area contributed by atoms with E-state index in [1.54, 1.807) is 0 Å². The zero-order valence-electron chi connectivity index (χ0n) is 9.89. The summed E-state index contributed by atoms with van der Waals surface area (Å²) in [5.74, 6) is -0.209. The van der Waals surface area contributed by atoms with Crippen molar-refractivity contribution in [2.75, 3.05) is 7.11 Å². The molecule has 6 heteroatoms. The molecule has 0 saturated heterocycles. The first-order valence-electron chi connectivity index (χ1n) is 5.09. The van der Waals surface area contributed by atoms with Crippen molar-refractivity contribution >= 4 is 11.6 Å². The second-order valence-electron chi connectivity index (χ2n) is 3.77. The number of nitro benzene ring substituents is 1. The molecule has 6 nitrogen and oxygen atoms in total. The zero-order chi connectivity index (χ0) is 13.0. The van der Waals surface area contributed by atoms with Crippen LogP contribution in [0, 0.1) is 10.1 Å². The van der Waals surface area contributed by atoms with Crippen LogP contribution in [0.1, 0.15) is 24.2 Å². The van der Waals surface area contributed by atoms with Crippen molar-refractivity contribution in [3.63, 3.8) is 0 Å². The normalized spacial score (nSPS) is 10.1. The Kier molecular flexibility index (Phi) is 4.03. The van der Waals surface area contributed by atoms with Gasteiger partial charge in [-0.05, 0) is 19.9 Å². The molecule has 0 heterocycles. The average molecular weight is 238 g/mol. The highest BCUT2D eigenvalue weighted by Crippen LogP contribution is 2.27. The van der Waals surface area contributed by atoms with E-state index in [0.717, 1.165) is 0 Å². The van der Waals surface area contributed by atoms with Gasteiger partial charge in [-0.2, -0.15) is 0 Å². The van der Waals surface area contributed by atoms with Crippen molar-refractivity contribution in [1.82, 2.24) is 5.32 Å². The molecule has 1 N–H and O–H groups in total. The maximum absolute atomic E-state index is 11.7. The van der Waals surface area contributed by atoms with E-state index in [4.69, 9.17) is 4.74 Å². The summed E-state index contributed by atoms with van der Waals surface area (Å²) in [6.45, 7) is 3.67. The minimum atomic E-state index is -0.553. The predicted molar refractivity (Wildman–Crippen MR) is 62.3 cm³/mol. The van der Waals surface area contributed by atoms with Gasteiger partial charge in [0.2, 0.25) is 0 Å². The predicted octanol–water partition coefficient (Wildman–Crippen LogP) is 1.74. The largest absolute Gasteiger partial charge is 0.490 e.